The van der Waals surface area contributed by atoms with Gasteiger partial charge in [-0.15, -0.1) is 0 Å². The molecule has 0 N–H and O–H groups in total. The van der Waals surface area contributed by atoms with Crippen LogP contribution >= 0.6 is 0 Å². The Hall–Kier alpha value is -16.9. The Morgan fingerprint density at radius 2 is 0.381 bits per heavy atom. The zero-order valence-corrected chi connectivity index (χ0v) is 68.5. The molecule has 0 radical (unpaired) electrons. The summed E-state index contributed by atoms with van der Waals surface area (Å²) in [6, 6.07) is 155. The summed E-state index contributed by atoms with van der Waals surface area (Å²) >= 11 is 0. The van der Waals surface area contributed by atoms with Gasteiger partial charge in [0, 0.05) is 95.9 Å². The molecule has 0 aliphatic rings. The van der Waals surface area contributed by atoms with Crippen LogP contribution in [0.2, 0.25) is 0 Å². The molecule has 24 rings (SSSR count). The number of benzene rings is 18. The minimum atomic E-state index is 0.695. The van der Waals surface area contributed by atoms with Crippen molar-refractivity contribution >= 4 is 97.0 Å². The van der Waals surface area contributed by atoms with Gasteiger partial charge in [0.25, 0.3) is 0 Å². The minimum Gasteiger partial charge on any atom is -0.256 e. The summed E-state index contributed by atoms with van der Waals surface area (Å²) in [6.45, 7) is 0. The number of pyridine rings is 4. The third kappa shape index (κ3) is 14.9. The van der Waals surface area contributed by atoms with Gasteiger partial charge in [-0.05, 0) is 134 Å². The molecule has 8 nitrogen and oxygen atoms in total. The Morgan fingerprint density at radius 3 is 0.706 bits per heavy atom. The average Bonchev–Trinajstić information content (AvgIpc) is 0.774. The molecule has 0 aliphatic heterocycles. The van der Waals surface area contributed by atoms with Gasteiger partial charge in [-0.2, -0.15) is 0 Å². The Balaban J connectivity index is 0.000000112. The van der Waals surface area contributed by atoms with Crippen molar-refractivity contribution in [3.8, 4) is 135 Å². The number of aromatic nitrogens is 8. The van der Waals surface area contributed by atoms with Crippen molar-refractivity contribution in [2.24, 2.45) is 0 Å². The molecule has 0 spiro atoms. The van der Waals surface area contributed by atoms with Crippen LogP contribution < -0.4 is 0 Å². The van der Waals surface area contributed by atoms with Crippen molar-refractivity contribution in [2.75, 3.05) is 0 Å². The van der Waals surface area contributed by atoms with Crippen LogP contribution in [0.3, 0.4) is 0 Å². The van der Waals surface area contributed by atoms with E-state index in [2.05, 4.69) is 431 Å². The number of hydrogen-bond donors (Lipinski definition) is 0. The molecule has 0 amide bonds. The van der Waals surface area contributed by atoms with E-state index in [4.69, 9.17) is 39.9 Å². The molecule has 126 heavy (non-hydrogen) atoms. The van der Waals surface area contributed by atoms with Gasteiger partial charge in [-0.3, -0.25) is 15.0 Å². The fourth-order valence-electron chi connectivity index (χ4n) is 17.6. The maximum absolute atomic E-state index is 5.28. The summed E-state index contributed by atoms with van der Waals surface area (Å²) in [6.07, 6.45) is 5.76. The lowest BCUT2D eigenvalue weighted by Crippen LogP contribution is -1.97. The SMILES string of the molecule is c1ccc2c(-c3cc(-c4cccc5ccccc45)nc(-c4ccc(-c5nccc6ccccc56)cc4)n3)cccc2c1.c1ccc2cc(-c3ccc(-c4cc(-c5cccc6ccccc56)nc(-c5cccc6ccccc56)c4)cc3)ncc2c1.c1ccc2cc(-c3ccc(-c4nc(-c5cccc6ccccc56)cc(-c5cccc6ccccc56)n4)cc3)ncc2c1. The first-order valence-corrected chi connectivity index (χ1v) is 42.5. The highest BCUT2D eigenvalue weighted by atomic mass is 14.9. The smallest absolute Gasteiger partial charge is 0.160 e. The van der Waals surface area contributed by atoms with E-state index in [1.54, 1.807) is 0 Å². The minimum absolute atomic E-state index is 0.695. The van der Waals surface area contributed by atoms with Crippen LogP contribution in [-0.4, -0.2) is 39.9 Å². The molecule has 0 atom stereocenters. The van der Waals surface area contributed by atoms with Crippen LogP contribution in [0, 0.1) is 0 Å². The molecule has 0 saturated heterocycles. The van der Waals surface area contributed by atoms with E-state index >= 15 is 0 Å². The Labute approximate surface area is 728 Å². The largest absolute Gasteiger partial charge is 0.256 e. The summed E-state index contributed by atoms with van der Waals surface area (Å²) in [5, 5.41) is 21.2. The first kappa shape index (κ1) is 75.3. The maximum atomic E-state index is 5.28. The molecule has 0 fully saturated rings. The quantitative estimate of drug-likeness (QED) is 0.119. The summed E-state index contributed by atoms with van der Waals surface area (Å²) < 4.78 is 0. The fourth-order valence-corrected chi connectivity index (χ4v) is 17.6. The molecule has 24 aromatic rings. The lowest BCUT2D eigenvalue weighted by molar-refractivity contribution is 1.19. The van der Waals surface area contributed by atoms with Gasteiger partial charge >= 0.3 is 0 Å². The zero-order valence-electron chi connectivity index (χ0n) is 68.5. The molecule has 8 heteroatoms. The second-order valence-electron chi connectivity index (χ2n) is 31.7. The Morgan fingerprint density at radius 1 is 0.135 bits per heavy atom. The maximum Gasteiger partial charge on any atom is 0.160 e. The third-order valence-electron chi connectivity index (χ3n) is 24.0. The van der Waals surface area contributed by atoms with Crippen LogP contribution in [-0.2, 0) is 0 Å². The standard InChI is InChI=1S/C40H26N2.2C39H25N3/c1-2-12-32-26-41-38(23-31(32)11-1)30-21-19-27(20-22-30)33-24-39(36-17-7-13-28-9-3-5-15-34(28)36)42-40(25-33)37-18-8-14-29-10-4-6-16-35(29)37;1-4-14-31-26(9-1)12-7-17-34(31)36-25-37(35-18-8-13-27-10-2-5-15-32(27)35)42-39(41-36)30-21-19-29(20-22-30)38-33-16-6-3-11-28(33)23-24-40-38;1-2-12-31-25-40-36(23-30(31)11-1)28-19-21-29(22-20-28)39-41-37(34-17-7-13-26-9-3-5-15-32(26)34)24-38(42-39)35-18-8-14-27-10-4-6-16-33(27)35/h1-26H;2*1-25H. The second kappa shape index (κ2) is 33.2. The molecule has 0 saturated carbocycles. The summed E-state index contributed by atoms with van der Waals surface area (Å²) in [4.78, 5) is 40.0. The molecule has 6 heterocycles. The predicted octanol–water partition coefficient (Wildman–Crippen LogP) is 30.6. The third-order valence-corrected chi connectivity index (χ3v) is 24.0. The average molecular weight is 1610 g/mol. The number of nitrogens with zero attached hydrogens (tertiary/aromatic N) is 8. The van der Waals surface area contributed by atoms with Crippen LogP contribution in [0.5, 0.6) is 0 Å². The van der Waals surface area contributed by atoms with Crippen molar-refractivity contribution in [3.63, 3.8) is 0 Å². The van der Waals surface area contributed by atoms with E-state index < -0.39 is 0 Å². The first-order valence-electron chi connectivity index (χ1n) is 42.5. The van der Waals surface area contributed by atoms with Crippen LogP contribution in [0.4, 0.5) is 0 Å². The van der Waals surface area contributed by atoms with Crippen LogP contribution in [0.25, 0.3) is 232 Å². The molecule has 0 unspecified atom stereocenters. The van der Waals surface area contributed by atoms with Crippen molar-refractivity contribution in [1.29, 1.82) is 0 Å². The van der Waals surface area contributed by atoms with E-state index in [-0.39, 0.29) is 0 Å². The van der Waals surface area contributed by atoms with Gasteiger partial charge < -0.3 is 0 Å². The van der Waals surface area contributed by atoms with Gasteiger partial charge in [0.2, 0.25) is 0 Å². The molecule has 0 bridgehead atoms. The van der Waals surface area contributed by atoms with E-state index in [1.807, 2.05) is 30.7 Å². The molecule has 18 aromatic carbocycles. The van der Waals surface area contributed by atoms with Gasteiger partial charge in [0.05, 0.1) is 51.2 Å². The Kier molecular flexibility index (Phi) is 19.9. The molecule has 0 aliphatic carbocycles. The van der Waals surface area contributed by atoms with Gasteiger partial charge in [0.1, 0.15) is 0 Å². The number of hydrogen-bond acceptors (Lipinski definition) is 8. The highest BCUT2D eigenvalue weighted by Gasteiger charge is 2.20. The normalized spacial score (nSPS) is 11.3. The summed E-state index contributed by atoms with van der Waals surface area (Å²) in [7, 11) is 0. The summed E-state index contributed by atoms with van der Waals surface area (Å²) in [5.41, 5.74) is 22.5. The van der Waals surface area contributed by atoms with Crippen molar-refractivity contribution in [1.82, 2.24) is 39.9 Å². The number of fused-ring (bicyclic) bond motifs is 9. The van der Waals surface area contributed by atoms with Gasteiger partial charge in [-0.1, -0.05) is 400 Å². The zero-order chi connectivity index (χ0) is 83.6. The molecule has 588 valence electrons. The van der Waals surface area contributed by atoms with Gasteiger partial charge in [0.15, 0.2) is 11.6 Å². The van der Waals surface area contributed by atoms with E-state index in [1.165, 1.54) is 80.8 Å². The van der Waals surface area contributed by atoms with E-state index in [0.717, 1.165) is 140 Å². The fraction of sp³-hybridized carbons (Fsp3) is 0. The second-order valence-corrected chi connectivity index (χ2v) is 31.7. The van der Waals surface area contributed by atoms with E-state index in [9.17, 15) is 0 Å². The van der Waals surface area contributed by atoms with Crippen molar-refractivity contribution < 1.29 is 0 Å². The highest BCUT2D eigenvalue weighted by Crippen LogP contribution is 2.42. The van der Waals surface area contributed by atoms with Crippen LogP contribution in [0.1, 0.15) is 0 Å². The molecular weight excluding hydrogens is 1530 g/mol. The van der Waals surface area contributed by atoms with Crippen LogP contribution in [0.15, 0.2) is 461 Å². The molecular formula is C118H76N8. The highest BCUT2D eigenvalue weighted by molar-refractivity contribution is 6.04. The molecule has 6 aromatic heterocycles. The topological polar surface area (TPSA) is 103 Å². The number of rotatable bonds is 12. The lowest BCUT2D eigenvalue weighted by atomic mass is 9.95. The van der Waals surface area contributed by atoms with Gasteiger partial charge in [-0.25, -0.2) is 24.9 Å². The van der Waals surface area contributed by atoms with Crippen molar-refractivity contribution in [2.45, 2.75) is 0 Å². The monoisotopic (exact) mass is 1600 g/mol. The first-order chi connectivity index (χ1) is 62.4. The lowest BCUT2D eigenvalue weighted by Gasteiger charge is -2.14. The van der Waals surface area contributed by atoms with Crippen molar-refractivity contribution in [3.05, 3.63) is 461 Å². The Bertz CT molecular complexity index is 7630. The van der Waals surface area contributed by atoms with E-state index in [0.29, 0.717) is 11.6 Å². The summed E-state index contributed by atoms with van der Waals surface area (Å²) in [5.74, 6) is 1.39. The predicted molar refractivity (Wildman–Crippen MR) is 524 cm³/mol.